The van der Waals surface area contributed by atoms with E-state index in [1.807, 2.05) is 11.8 Å². The van der Waals surface area contributed by atoms with Crippen LogP contribution in [0.1, 0.15) is 34.6 Å². The van der Waals surface area contributed by atoms with Gasteiger partial charge in [-0.3, -0.25) is 0 Å². The van der Waals surface area contributed by atoms with Gasteiger partial charge in [-0.15, -0.1) is 11.8 Å². The van der Waals surface area contributed by atoms with E-state index < -0.39 is 0 Å². The molecule has 0 saturated carbocycles. The number of rotatable bonds is 6. The minimum absolute atomic E-state index is 0.198. The van der Waals surface area contributed by atoms with Crippen LogP contribution < -0.4 is 0 Å². The average Bonchev–Trinajstić information content (AvgIpc) is 2.11. The molecule has 0 fully saturated rings. The Morgan fingerprint density at radius 1 is 1.08 bits per heavy atom. The Bertz CT molecular complexity index is 158. The molecule has 0 atom stereocenters. The summed E-state index contributed by atoms with van der Waals surface area (Å²) in [7, 11) is 0.198. The van der Waals surface area contributed by atoms with Crippen molar-refractivity contribution in [3.63, 3.8) is 0 Å². The third kappa shape index (κ3) is 6.04. The Labute approximate surface area is 92.8 Å². The summed E-state index contributed by atoms with van der Waals surface area (Å²) >= 11 is 4.13. The highest BCUT2D eigenvalue weighted by molar-refractivity contribution is 8.61. The second-order valence-electron chi connectivity index (χ2n) is 2.93. The van der Waals surface area contributed by atoms with Gasteiger partial charge in [0.25, 0.3) is 0 Å². The van der Waals surface area contributed by atoms with Gasteiger partial charge in [0.1, 0.15) is 0 Å². The standard InChI is InChI=1S/C10H21PS2/c1-6-11(7-2)13-10(9(4)5)12-8-3/h6-8H2,1-5H3. The average molecular weight is 236 g/mol. The van der Waals surface area contributed by atoms with Gasteiger partial charge in [0, 0.05) is 4.24 Å². The lowest BCUT2D eigenvalue weighted by atomic mass is 10.4. The quantitative estimate of drug-likeness (QED) is 0.584. The predicted molar refractivity (Wildman–Crippen MR) is 72.1 cm³/mol. The van der Waals surface area contributed by atoms with E-state index in [-0.39, 0.29) is 7.12 Å². The van der Waals surface area contributed by atoms with E-state index in [0.29, 0.717) is 0 Å². The predicted octanol–water partition coefficient (Wildman–Crippen LogP) is 5.16. The van der Waals surface area contributed by atoms with E-state index in [2.05, 4.69) is 46.0 Å². The molecule has 0 spiro atoms. The van der Waals surface area contributed by atoms with Crippen molar-refractivity contribution in [2.75, 3.05) is 18.1 Å². The molecule has 0 heterocycles. The fourth-order valence-electron chi connectivity index (χ4n) is 0.863. The summed E-state index contributed by atoms with van der Waals surface area (Å²) in [6.45, 7) is 11.3. The second kappa shape index (κ2) is 8.20. The number of thioether (sulfide) groups is 1. The Morgan fingerprint density at radius 2 is 1.62 bits per heavy atom. The van der Waals surface area contributed by atoms with Crippen LogP contribution in [0.15, 0.2) is 9.81 Å². The molecule has 0 aromatic heterocycles. The maximum Gasteiger partial charge on any atom is 0.0430 e. The molecule has 13 heavy (non-hydrogen) atoms. The molecular weight excluding hydrogens is 215 g/mol. The number of hydrogen-bond donors (Lipinski definition) is 0. The first-order valence-electron chi connectivity index (χ1n) is 4.88. The van der Waals surface area contributed by atoms with Crippen LogP contribution in [0.4, 0.5) is 0 Å². The Balaban J connectivity index is 4.17. The largest absolute Gasteiger partial charge is 0.119 e. The number of allylic oxidation sites excluding steroid dienone is 1. The Kier molecular flexibility index (Phi) is 8.75. The summed E-state index contributed by atoms with van der Waals surface area (Å²) in [5.41, 5.74) is 1.49. The molecule has 0 rings (SSSR count). The van der Waals surface area contributed by atoms with Crippen molar-refractivity contribution >= 4 is 30.3 Å². The maximum atomic E-state index is 2.31. The first-order valence-corrected chi connectivity index (χ1v) is 9.00. The van der Waals surface area contributed by atoms with Gasteiger partial charge in [0.05, 0.1) is 0 Å². The highest BCUT2D eigenvalue weighted by Crippen LogP contribution is 2.56. The molecule has 0 aliphatic heterocycles. The van der Waals surface area contributed by atoms with E-state index in [0.717, 1.165) is 0 Å². The van der Waals surface area contributed by atoms with E-state index >= 15 is 0 Å². The van der Waals surface area contributed by atoms with Crippen molar-refractivity contribution in [1.29, 1.82) is 0 Å². The van der Waals surface area contributed by atoms with Gasteiger partial charge < -0.3 is 0 Å². The molecule has 0 aromatic carbocycles. The summed E-state index contributed by atoms with van der Waals surface area (Å²) in [5.74, 6) is 1.20. The first kappa shape index (κ1) is 13.9. The molecule has 0 nitrogen and oxygen atoms in total. The van der Waals surface area contributed by atoms with Crippen LogP contribution in [0.25, 0.3) is 0 Å². The van der Waals surface area contributed by atoms with Gasteiger partial charge in [-0.1, -0.05) is 37.7 Å². The molecular formula is C10H21PS2. The molecule has 0 aromatic rings. The maximum absolute atomic E-state index is 2.31. The summed E-state index contributed by atoms with van der Waals surface area (Å²) in [6, 6.07) is 0. The summed E-state index contributed by atoms with van der Waals surface area (Å²) < 4.78 is 1.57. The fraction of sp³-hybridized carbons (Fsp3) is 0.800. The van der Waals surface area contributed by atoms with Crippen molar-refractivity contribution in [2.24, 2.45) is 0 Å². The zero-order valence-corrected chi connectivity index (χ0v) is 11.9. The van der Waals surface area contributed by atoms with E-state index in [9.17, 15) is 0 Å². The van der Waals surface area contributed by atoms with Crippen LogP contribution in [0, 0.1) is 0 Å². The lowest BCUT2D eigenvalue weighted by molar-refractivity contribution is 1.40. The smallest absolute Gasteiger partial charge is 0.0430 e. The minimum Gasteiger partial charge on any atom is -0.119 e. The molecule has 0 N–H and O–H groups in total. The molecule has 3 heteroatoms. The molecule has 0 radical (unpaired) electrons. The SMILES string of the molecule is CCSC(SP(CC)CC)=C(C)C. The van der Waals surface area contributed by atoms with Crippen molar-refractivity contribution in [2.45, 2.75) is 34.6 Å². The summed E-state index contributed by atoms with van der Waals surface area (Å²) in [5, 5.41) is 0. The van der Waals surface area contributed by atoms with Gasteiger partial charge in [-0.25, -0.2) is 0 Å². The Morgan fingerprint density at radius 3 is 1.92 bits per heavy atom. The van der Waals surface area contributed by atoms with E-state index in [4.69, 9.17) is 0 Å². The van der Waals surface area contributed by atoms with Crippen LogP contribution in [0.5, 0.6) is 0 Å². The van der Waals surface area contributed by atoms with Gasteiger partial charge in [-0.05, 0) is 39.0 Å². The highest BCUT2D eigenvalue weighted by Gasteiger charge is 2.08. The Hall–Kier alpha value is 0.870. The van der Waals surface area contributed by atoms with Crippen molar-refractivity contribution in [1.82, 2.24) is 0 Å². The zero-order valence-electron chi connectivity index (χ0n) is 9.39. The topological polar surface area (TPSA) is 0 Å². The third-order valence-corrected chi connectivity index (χ3v) is 8.65. The van der Waals surface area contributed by atoms with Gasteiger partial charge in [0.2, 0.25) is 0 Å². The van der Waals surface area contributed by atoms with Gasteiger partial charge >= 0.3 is 0 Å². The molecule has 0 aliphatic carbocycles. The monoisotopic (exact) mass is 236 g/mol. The summed E-state index contributed by atoms with van der Waals surface area (Å²) in [4.78, 5) is 0. The zero-order chi connectivity index (χ0) is 10.3. The highest BCUT2D eigenvalue weighted by atomic mass is 32.7. The van der Waals surface area contributed by atoms with Crippen LogP contribution in [0.3, 0.4) is 0 Å². The molecule has 0 aliphatic rings. The van der Waals surface area contributed by atoms with E-state index in [1.165, 1.54) is 23.6 Å². The van der Waals surface area contributed by atoms with Gasteiger partial charge in [-0.2, -0.15) is 0 Å². The normalized spacial score (nSPS) is 10.6. The van der Waals surface area contributed by atoms with Crippen LogP contribution in [-0.4, -0.2) is 18.1 Å². The third-order valence-electron chi connectivity index (χ3n) is 1.60. The molecule has 0 bridgehead atoms. The minimum atomic E-state index is 0.198. The van der Waals surface area contributed by atoms with E-state index in [1.54, 1.807) is 4.24 Å². The second-order valence-corrected chi connectivity index (χ2v) is 9.37. The first-order chi connectivity index (χ1) is 6.15. The molecule has 0 saturated heterocycles. The van der Waals surface area contributed by atoms with Gasteiger partial charge in [0.15, 0.2) is 0 Å². The van der Waals surface area contributed by atoms with Crippen molar-refractivity contribution in [3.8, 4) is 0 Å². The summed E-state index contributed by atoms with van der Waals surface area (Å²) in [6.07, 6.45) is 2.69. The van der Waals surface area contributed by atoms with Crippen LogP contribution >= 0.6 is 30.3 Å². The van der Waals surface area contributed by atoms with Crippen molar-refractivity contribution in [3.05, 3.63) is 9.81 Å². The number of hydrogen-bond acceptors (Lipinski definition) is 2. The van der Waals surface area contributed by atoms with Crippen LogP contribution in [-0.2, 0) is 0 Å². The lowest BCUT2D eigenvalue weighted by Crippen LogP contribution is -1.81. The van der Waals surface area contributed by atoms with Crippen molar-refractivity contribution < 1.29 is 0 Å². The molecule has 78 valence electrons. The fourth-order valence-corrected chi connectivity index (χ4v) is 6.55. The molecule has 0 unspecified atom stereocenters. The molecule has 0 amide bonds. The van der Waals surface area contributed by atoms with Crippen LogP contribution in [0.2, 0.25) is 0 Å². The lowest BCUT2D eigenvalue weighted by Gasteiger charge is -2.15.